The summed E-state index contributed by atoms with van der Waals surface area (Å²) in [5.74, 6) is 0.602. The van der Waals surface area contributed by atoms with E-state index in [1.165, 1.54) is 47.7 Å². The quantitative estimate of drug-likeness (QED) is 0.588. The number of rotatable bonds is 6. The van der Waals surface area contributed by atoms with Crippen molar-refractivity contribution < 1.29 is 0 Å². The van der Waals surface area contributed by atoms with Crippen LogP contribution in [0.15, 0.2) is 22.7 Å². The van der Waals surface area contributed by atoms with Crippen molar-refractivity contribution in [2.24, 2.45) is 0 Å². The molecule has 0 unspecified atom stereocenters. The van der Waals surface area contributed by atoms with E-state index >= 15 is 0 Å². The van der Waals surface area contributed by atoms with Gasteiger partial charge >= 0.3 is 0 Å². The number of hydrogen-bond donors (Lipinski definition) is 0. The van der Waals surface area contributed by atoms with Crippen molar-refractivity contribution >= 4 is 15.9 Å². The molecule has 0 radical (unpaired) electrons. The summed E-state index contributed by atoms with van der Waals surface area (Å²) in [4.78, 5) is 0. The van der Waals surface area contributed by atoms with Gasteiger partial charge in [0.1, 0.15) is 0 Å². The Kier molecular flexibility index (Phi) is 6.12. The van der Waals surface area contributed by atoms with E-state index < -0.39 is 0 Å². The van der Waals surface area contributed by atoms with Gasteiger partial charge in [-0.2, -0.15) is 0 Å². The monoisotopic (exact) mass is 282 g/mol. The first-order valence-electron chi connectivity index (χ1n) is 6.43. The third-order valence-corrected chi connectivity index (χ3v) is 3.72. The van der Waals surface area contributed by atoms with E-state index in [1.54, 1.807) is 0 Å². The molecular formula is C15H23Br. The molecule has 0 aliphatic carbocycles. The van der Waals surface area contributed by atoms with Gasteiger partial charge in [0.2, 0.25) is 0 Å². The molecule has 0 atom stereocenters. The number of hydrogen-bond acceptors (Lipinski definition) is 0. The van der Waals surface area contributed by atoms with E-state index in [1.807, 2.05) is 0 Å². The van der Waals surface area contributed by atoms with Crippen molar-refractivity contribution in [1.82, 2.24) is 0 Å². The highest BCUT2D eigenvalue weighted by atomic mass is 79.9. The molecule has 0 fully saturated rings. The van der Waals surface area contributed by atoms with Gasteiger partial charge < -0.3 is 0 Å². The normalized spacial score (nSPS) is 11.1. The number of halogens is 1. The van der Waals surface area contributed by atoms with E-state index in [0.717, 1.165) is 0 Å². The Morgan fingerprint density at radius 1 is 1.12 bits per heavy atom. The fourth-order valence-electron chi connectivity index (χ4n) is 1.95. The Balaban J connectivity index is 2.57. The Labute approximate surface area is 109 Å². The summed E-state index contributed by atoms with van der Waals surface area (Å²) in [6.07, 6.45) is 6.61. The van der Waals surface area contributed by atoms with E-state index in [4.69, 9.17) is 0 Å². The van der Waals surface area contributed by atoms with Crippen LogP contribution in [0.2, 0.25) is 0 Å². The minimum Gasteiger partial charge on any atom is -0.0654 e. The van der Waals surface area contributed by atoms with E-state index in [2.05, 4.69) is 54.9 Å². The first-order chi connectivity index (χ1) is 7.65. The summed E-state index contributed by atoms with van der Waals surface area (Å²) in [5, 5.41) is 0. The van der Waals surface area contributed by atoms with Crippen molar-refractivity contribution in [1.29, 1.82) is 0 Å². The van der Waals surface area contributed by atoms with Crippen LogP contribution in [-0.4, -0.2) is 0 Å². The molecule has 90 valence electrons. The lowest BCUT2D eigenvalue weighted by Gasteiger charge is -2.10. The zero-order valence-corrected chi connectivity index (χ0v) is 12.3. The molecule has 0 heterocycles. The maximum atomic E-state index is 3.62. The van der Waals surface area contributed by atoms with Gasteiger partial charge in [-0.05, 0) is 36.0 Å². The third kappa shape index (κ3) is 4.29. The van der Waals surface area contributed by atoms with Crippen LogP contribution in [0.25, 0.3) is 0 Å². The Bertz CT molecular complexity index is 315. The molecule has 0 aromatic heterocycles. The first kappa shape index (κ1) is 13.8. The molecule has 0 amide bonds. The maximum absolute atomic E-state index is 3.62. The summed E-state index contributed by atoms with van der Waals surface area (Å²) in [7, 11) is 0. The molecule has 1 heteroatoms. The molecule has 1 rings (SSSR count). The highest BCUT2D eigenvalue weighted by molar-refractivity contribution is 9.10. The fourth-order valence-corrected chi connectivity index (χ4v) is 2.65. The van der Waals surface area contributed by atoms with Gasteiger partial charge in [0.25, 0.3) is 0 Å². The molecule has 0 N–H and O–H groups in total. The summed E-state index contributed by atoms with van der Waals surface area (Å²) < 4.78 is 1.25. The lowest BCUT2D eigenvalue weighted by atomic mass is 9.98. The van der Waals surface area contributed by atoms with Crippen molar-refractivity contribution in [2.75, 3.05) is 0 Å². The second-order valence-corrected chi connectivity index (χ2v) is 5.68. The van der Waals surface area contributed by atoms with Gasteiger partial charge in [0, 0.05) is 4.47 Å². The van der Waals surface area contributed by atoms with Crippen LogP contribution in [-0.2, 0) is 6.42 Å². The lowest BCUT2D eigenvalue weighted by molar-refractivity contribution is 0.666. The predicted octanol–water partition coefficient (Wildman–Crippen LogP) is 5.70. The standard InChI is InChI=1S/C15H23Br/c1-4-5-6-7-8-13-9-10-15(16)14(11-13)12(2)3/h9-12H,4-8H2,1-3H3. The van der Waals surface area contributed by atoms with Gasteiger partial charge in [0.05, 0.1) is 0 Å². The average Bonchev–Trinajstić information content (AvgIpc) is 2.26. The minimum atomic E-state index is 0.602. The SMILES string of the molecule is CCCCCCc1ccc(Br)c(C(C)C)c1. The van der Waals surface area contributed by atoms with Crippen molar-refractivity contribution in [2.45, 2.75) is 58.8 Å². The summed E-state index contributed by atoms with van der Waals surface area (Å²) in [5.41, 5.74) is 2.93. The first-order valence-corrected chi connectivity index (χ1v) is 7.22. The Hall–Kier alpha value is -0.300. The topological polar surface area (TPSA) is 0 Å². The molecule has 1 aromatic carbocycles. The number of aryl methyl sites for hydroxylation is 1. The molecule has 0 saturated heterocycles. The molecule has 0 nitrogen and oxygen atoms in total. The molecule has 0 saturated carbocycles. The van der Waals surface area contributed by atoms with Gasteiger partial charge in [-0.1, -0.05) is 68.1 Å². The van der Waals surface area contributed by atoms with Gasteiger partial charge in [-0.15, -0.1) is 0 Å². The van der Waals surface area contributed by atoms with Crippen molar-refractivity contribution in [3.8, 4) is 0 Å². The third-order valence-electron chi connectivity index (χ3n) is 3.00. The van der Waals surface area contributed by atoms with Crippen LogP contribution in [0.3, 0.4) is 0 Å². The van der Waals surface area contributed by atoms with Crippen LogP contribution >= 0.6 is 15.9 Å². The molecule has 1 aromatic rings. The van der Waals surface area contributed by atoms with Crippen LogP contribution < -0.4 is 0 Å². The predicted molar refractivity (Wildman–Crippen MR) is 76.1 cm³/mol. The Morgan fingerprint density at radius 3 is 2.50 bits per heavy atom. The molecule has 0 bridgehead atoms. The second-order valence-electron chi connectivity index (χ2n) is 4.82. The van der Waals surface area contributed by atoms with Crippen LogP contribution in [0.1, 0.15) is 63.5 Å². The smallest absolute Gasteiger partial charge is 0.0210 e. The molecular weight excluding hydrogens is 260 g/mol. The summed E-state index contributed by atoms with van der Waals surface area (Å²) in [6.45, 7) is 6.76. The van der Waals surface area contributed by atoms with Crippen LogP contribution in [0.5, 0.6) is 0 Å². The van der Waals surface area contributed by atoms with Crippen molar-refractivity contribution in [3.05, 3.63) is 33.8 Å². The molecule has 0 spiro atoms. The highest BCUT2D eigenvalue weighted by Gasteiger charge is 2.05. The van der Waals surface area contributed by atoms with Gasteiger partial charge in [0.15, 0.2) is 0 Å². The van der Waals surface area contributed by atoms with Gasteiger partial charge in [-0.3, -0.25) is 0 Å². The second kappa shape index (κ2) is 7.11. The Morgan fingerprint density at radius 2 is 1.88 bits per heavy atom. The average molecular weight is 283 g/mol. The lowest BCUT2D eigenvalue weighted by Crippen LogP contribution is -1.93. The van der Waals surface area contributed by atoms with E-state index in [9.17, 15) is 0 Å². The van der Waals surface area contributed by atoms with E-state index in [-0.39, 0.29) is 0 Å². The largest absolute Gasteiger partial charge is 0.0654 e. The molecule has 16 heavy (non-hydrogen) atoms. The zero-order valence-electron chi connectivity index (χ0n) is 10.7. The molecule has 0 aliphatic rings. The summed E-state index contributed by atoms with van der Waals surface area (Å²) >= 11 is 3.62. The molecule has 0 aliphatic heterocycles. The number of benzene rings is 1. The summed E-state index contributed by atoms with van der Waals surface area (Å²) in [6, 6.07) is 6.81. The van der Waals surface area contributed by atoms with Crippen LogP contribution in [0.4, 0.5) is 0 Å². The maximum Gasteiger partial charge on any atom is 0.0210 e. The zero-order chi connectivity index (χ0) is 12.0. The van der Waals surface area contributed by atoms with Crippen molar-refractivity contribution in [3.63, 3.8) is 0 Å². The van der Waals surface area contributed by atoms with Crippen LogP contribution in [0, 0.1) is 0 Å². The highest BCUT2D eigenvalue weighted by Crippen LogP contribution is 2.26. The fraction of sp³-hybridized carbons (Fsp3) is 0.600. The minimum absolute atomic E-state index is 0.602. The number of unbranched alkanes of at least 4 members (excludes halogenated alkanes) is 3. The van der Waals surface area contributed by atoms with E-state index in [0.29, 0.717) is 5.92 Å². The van der Waals surface area contributed by atoms with Gasteiger partial charge in [-0.25, -0.2) is 0 Å².